The second-order valence-corrected chi connectivity index (χ2v) is 3.39. The molecule has 0 aliphatic carbocycles. The number of nitrogens with zero attached hydrogens (tertiary/aromatic N) is 2. The average molecular weight is 181 g/mol. The van der Waals surface area contributed by atoms with Crippen molar-refractivity contribution in [3.05, 3.63) is 17.5 Å². The van der Waals surface area contributed by atoms with Crippen molar-refractivity contribution < 1.29 is 4.79 Å². The Bertz CT molecular complexity index is 291. The van der Waals surface area contributed by atoms with Crippen LogP contribution in [0.1, 0.15) is 23.1 Å². The van der Waals surface area contributed by atoms with E-state index in [-0.39, 0.29) is 5.78 Å². The molecule has 0 saturated carbocycles. The summed E-state index contributed by atoms with van der Waals surface area (Å²) in [6.45, 7) is 2.48. The minimum absolute atomic E-state index is 0.00681. The number of aromatic nitrogens is 2. The first-order valence-electron chi connectivity index (χ1n) is 4.29. The van der Waals surface area contributed by atoms with Gasteiger partial charge in [-0.3, -0.25) is 9.89 Å². The molecule has 0 atom stereocenters. The predicted octanol–water partition coefficient (Wildman–Crippen LogP) is 0.716. The number of hydrogen-bond acceptors (Lipinski definition) is 3. The molecule has 0 aromatic carbocycles. The molecule has 0 bridgehead atoms. The van der Waals surface area contributed by atoms with Crippen LogP contribution >= 0.6 is 0 Å². The molecule has 0 spiro atoms. The van der Waals surface area contributed by atoms with E-state index >= 15 is 0 Å². The maximum Gasteiger partial charge on any atom is 0.179 e. The average Bonchev–Trinajstić information content (AvgIpc) is 2.48. The highest BCUT2D eigenvalue weighted by Gasteiger charge is 2.04. The number of carbonyl (C=O) groups excluding carboxylic acids is 1. The van der Waals surface area contributed by atoms with Crippen molar-refractivity contribution in [3.63, 3.8) is 0 Å². The topological polar surface area (TPSA) is 49.0 Å². The molecule has 1 heterocycles. The maximum atomic E-state index is 10.9. The summed E-state index contributed by atoms with van der Waals surface area (Å²) in [6.07, 6.45) is 0.896. The molecule has 4 heteroatoms. The van der Waals surface area contributed by atoms with Gasteiger partial charge in [0.1, 0.15) is 5.69 Å². The van der Waals surface area contributed by atoms with Crippen LogP contribution in [0.3, 0.4) is 0 Å². The fourth-order valence-corrected chi connectivity index (χ4v) is 1.01. The number of H-pyrrole nitrogens is 1. The number of hydrogen-bond donors (Lipinski definition) is 1. The Labute approximate surface area is 77.9 Å². The summed E-state index contributed by atoms with van der Waals surface area (Å²) in [6, 6.07) is 1.81. The molecule has 0 radical (unpaired) electrons. The highest BCUT2D eigenvalue weighted by atomic mass is 16.1. The third-order valence-corrected chi connectivity index (χ3v) is 1.82. The van der Waals surface area contributed by atoms with E-state index in [9.17, 15) is 4.79 Å². The third-order valence-electron chi connectivity index (χ3n) is 1.82. The zero-order valence-corrected chi connectivity index (χ0v) is 8.29. The SMILES string of the molecule is CC(=O)c1cc(CCN(C)C)[nH]n1. The summed E-state index contributed by atoms with van der Waals surface area (Å²) >= 11 is 0. The van der Waals surface area contributed by atoms with Crippen molar-refractivity contribution in [2.75, 3.05) is 20.6 Å². The predicted molar refractivity (Wildman–Crippen MR) is 50.9 cm³/mol. The van der Waals surface area contributed by atoms with Crippen LogP contribution in [0.2, 0.25) is 0 Å². The van der Waals surface area contributed by atoms with Gasteiger partial charge in [0.05, 0.1) is 0 Å². The van der Waals surface area contributed by atoms with E-state index in [0.29, 0.717) is 5.69 Å². The number of rotatable bonds is 4. The van der Waals surface area contributed by atoms with E-state index in [1.165, 1.54) is 6.92 Å². The Hall–Kier alpha value is -1.16. The van der Waals surface area contributed by atoms with E-state index in [2.05, 4.69) is 15.1 Å². The van der Waals surface area contributed by atoms with Gasteiger partial charge in [-0.15, -0.1) is 0 Å². The van der Waals surface area contributed by atoms with Crippen LogP contribution in [-0.4, -0.2) is 41.5 Å². The minimum atomic E-state index is 0.00681. The van der Waals surface area contributed by atoms with Crippen LogP contribution < -0.4 is 0 Å². The Balaban J connectivity index is 2.54. The lowest BCUT2D eigenvalue weighted by Crippen LogP contribution is -2.15. The van der Waals surface area contributed by atoms with Gasteiger partial charge in [-0.2, -0.15) is 5.10 Å². The van der Waals surface area contributed by atoms with Gasteiger partial charge < -0.3 is 4.90 Å². The Morgan fingerprint density at radius 2 is 2.31 bits per heavy atom. The van der Waals surface area contributed by atoms with Crippen LogP contribution in [-0.2, 0) is 6.42 Å². The zero-order valence-electron chi connectivity index (χ0n) is 8.29. The molecule has 1 N–H and O–H groups in total. The van der Waals surface area contributed by atoms with Gasteiger partial charge in [0, 0.05) is 25.6 Å². The molecule has 0 fully saturated rings. The van der Waals surface area contributed by atoms with Gasteiger partial charge in [-0.25, -0.2) is 0 Å². The van der Waals surface area contributed by atoms with Gasteiger partial charge in [0.15, 0.2) is 5.78 Å². The molecule has 13 heavy (non-hydrogen) atoms. The van der Waals surface area contributed by atoms with Crippen molar-refractivity contribution in [1.29, 1.82) is 0 Å². The fourth-order valence-electron chi connectivity index (χ4n) is 1.01. The van der Waals surface area contributed by atoms with E-state index in [1.807, 2.05) is 20.2 Å². The van der Waals surface area contributed by atoms with Crippen molar-refractivity contribution in [3.8, 4) is 0 Å². The van der Waals surface area contributed by atoms with Gasteiger partial charge in [0.25, 0.3) is 0 Å². The molecule has 72 valence electrons. The normalized spacial score (nSPS) is 10.8. The van der Waals surface area contributed by atoms with Gasteiger partial charge in [-0.05, 0) is 20.2 Å². The lowest BCUT2D eigenvalue weighted by Gasteiger charge is -2.06. The largest absolute Gasteiger partial charge is 0.309 e. The molecule has 1 aromatic rings. The van der Waals surface area contributed by atoms with Gasteiger partial charge >= 0.3 is 0 Å². The number of Topliss-reactive ketones (excluding diaryl/α,β-unsaturated/α-hetero) is 1. The summed E-state index contributed by atoms with van der Waals surface area (Å²) < 4.78 is 0. The minimum Gasteiger partial charge on any atom is -0.309 e. The molecule has 0 saturated heterocycles. The van der Waals surface area contributed by atoms with E-state index in [1.54, 1.807) is 0 Å². The molecule has 1 aromatic heterocycles. The summed E-state index contributed by atoms with van der Waals surface area (Å²) in [5.41, 5.74) is 1.53. The molecule has 0 aliphatic heterocycles. The van der Waals surface area contributed by atoms with Crippen molar-refractivity contribution >= 4 is 5.78 Å². The monoisotopic (exact) mass is 181 g/mol. The Kier molecular flexibility index (Phi) is 3.19. The van der Waals surface area contributed by atoms with Crippen LogP contribution in [0.15, 0.2) is 6.07 Å². The molecule has 0 unspecified atom stereocenters. The summed E-state index contributed by atoms with van der Waals surface area (Å²) in [5, 5.41) is 6.75. The van der Waals surface area contributed by atoms with Crippen molar-refractivity contribution in [2.45, 2.75) is 13.3 Å². The highest BCUT2D eigenvalue weighted by molar-refractivity contribution is 5.92. The number of nitrogens with one attached hydrogen (secondary N) is 1. The zero-order chi connectivity index (χ0) is 9.84. The summed E-state index contributed by atoms with van der Waals surface area (Å²) in [7, 11) is 4.03. The first kappa shape index (κ1) is 9.92. The molecule has 1 rings (SSSR count). The lowest BCUT2D eigenvalue weighted by atomic mass is 10.2. The van der Waals surface area contributed by atoms with E-state index in [4.69, 9.17) is 0 Å². The highest BCUT2D eigenvalue weighted by Crippen LogP contribution is 2.01. The first-order chi connectivity index (χ1) is 6.09. The smallest absolute Gasteiger partial charge is 0.179 e. The molecule has 0 aliphatic rings. The quantitative estimate of drug-likeness (QED) is 0.696. The van der Waals surface area contributed by atoms with Gasteiger partial charge in [0.2, 0.25) is 0 Å². The number of aromatic amines is 1. The fraction of sp³-hybridized carbons (Fsp3) is 0.556. The van der Waals surface area contributed by atoms with Crippen molar-refractivity contribution in [1.82, 2.24) is 15.1 Å². The van der Waals surface area contributed by atoms with Crippen LogP contribution in [0, 0.1) is 0 Å². The number of likely N-dealkylation sites (N-methyl/N-ethyl adjacent to an activating group) is 1. The van der Waals surface area contributed by atoms with E-state index < -0.39 is 0 Å². The third kappa shape index (κ3) is 2.99. The van der Waals surface area contributed by atoms with Gasteiger partial charge in [-0.1, -0.05) is 0 Å². The molecular formula is C9H15N3O. The van der Waals surface area contributed by atoms with Crippen LogP contribution in [0.4, 0.5) is 0 Å². The molecular weight excluding hydrogens is 166 g/mol. The standard InChI is InChI=1S/C9H15N3O/c1-7(13)9-6-8(10-11-9)4-5-12(2)3/h6H,4-5H2,1-3H3,(H,10,11). The van der Waals surface area contributed by atoms with E-state index in [0.717, 1.165) is 18.7 Å². The van der Waals surface area contributed by atoms with Crippen LogP contribution in [0.5, 0.6) is 0 Å². The molecule has 4 nitrogen and oxygen atoms in total. The summed E-state index contributed by atoms with van der Waals surface area (Å²) in [5.74, 6) is 0.00681. The maximum absolute atomic E-state index is 10.9. The summed E-state index contributed by atoms with van der Waals surface area (Å²) in [4.78, 5) is 13.0. The second-order valence-electron chi connectivity index (χ2n) is 3.39. The Morgan fingerprint density at radius 1 is 1.62 bits per heavy atom. The Morgan fingerprint density at radius 3 is 2.77 bits per heavy atom. The molecule has 0 amide bonds. The van der Waals surface area contributed by atoms with Crippen molar-refractivity contribution in [2.24, 2.45) is 0 Å². The number of ketones is 1. The lowest BCUT2D eigenvalue weighted by molar-refractivity contribution is 0.101. The number of carbonyl (C=O) groups is 1. The first-order valence-corrected chi connectivity index (χ1v) is 4.29. The van der Waals surface area contributed by atoms with Crippen LogP contribution in [0.25, 0.3) is 0 Å². The second kappa shape index (κ2) is 4.18.